The van der Waals surface area contributed by atoms with Crippen LogP contribution < -0.4 is 0 Å². The molecule has 1 fully saturated rings. The molecule has 0 aromatic carbocycles. The number of fused-ring (bicyclic) bond motifs is 3. The molecular formula is C16H19I. The average Bonchev–Trinajstić information content (AvgIpc) is 2.49. The van der Waals surface area contributed by atoms with E-state index in [9.17, 15) is 0 Å². The van der Waals surface area contributed by atoms with Gasteiger partial charge in [-0.15, -0.1) is 0 Å². The topological polar surface area (TPSA) is 0 Å². The SMILES string of the molecule is CC1=C[C@H]2C(C=C1)C1CC=C(I)C=C1C2(C)C. The summed E-state index contributed by atoms with van der Waals surface area (Å²) in [5, 5.41) is 0. The van der Waals surface area contributed by atoms with Crippen LogP contribution in [0.1, 0.15) is 27.2 Å². The zero-order valence-electron chi connectivity index (χ0n) is 10.7. The first-order valence-electron chi connectivity index (χ1n) is 6.44. The lowest BCUT2D eigenvalue weighted by Crippen LogP contribution is -2.22. The summed E-state index contributed by atoms with van der Waals surface area (Å²) in [6.07, 6.45) is 13.3. The Morgan fingerprint density at radius 3 is 2.88 bits per heavy atom. The molecule has 0 amide bonds. The highest BCUT2D eigenvalue weighted by atomic mass is 127. The third kappa shape index (κ3) is 1.69. The van der Waals surface area contributed by atoms with E-state index in [1.54, 1.807) is 5.57 Å². The van der Waals surface area contributed by atoms with E-state index in [4.69, 9.17) is 0 Å². The Labute approximate surface area is 118 Å². The Kier molecular flexibility index (Phi) is 2.66. The van der Waals surface area contributed by atoms with Crippen LogP contribution in [0.15, 0.2) is 45.1 Å². The number of hydrogen-bond acceptors (Lipinski definition) is 0. The van der Waals surface area contributed by atoms with Crippen molar-refractivity contribution in [2.24, 2.45) is 23.2 Å². The van der Waals surface area contributed by atoms with Crippen LogP contribution in [0, 0.1) is 23.2 Å². The molecule has 0 N–H and O–H groups in total. The number of rotatable bonds is 0. The summed E-state index contributed by atoms with van der Waals surface area (Å²) in [6, 6.07) is 0. The smallest absolute Gasteiger partial charge is 0.00900 e. The fraction of sp³-hybridized carbons (Fsp3) is 0.500. The molecule has 1 saturated carbocycles. The highest BCUT2D eigenvalue weighted by Gasteiger charge is 2.50. The van der Waals surface area contributed by atoms with Gasteiger partial charge in [-0.05, 0) is 65.2 Å². The van der Waals surface area contributed by atoms with Gasteiger partial charge in [-0.3, -0.25) is 0 Å². The van der Waals surface area contributed by atoms with Crippen molar-refractivity contribution in [1.29, 1.82) is 0 Å². The minimum Gasteiger partial charge on any atom is -0.0799 e. The molecule has 0 aromatic heterocycles. The molecule has 2 unspecified atom stereocenters. The van der Waals surface area contributed by atoms with E-state index >= 15 is 0 Å². The molecule has 0 heterocycles. The van der Waals surface area contributed by atoms with E-state index < -0.39 is 0 Å². The van der Waals surface area contributed by atoms with Gasteiger partial charge in [0.1, 0.15) is 0 Å². The van der Waals surface area contributed by atoms with Gasteiger partial charge in [0.25, 0.3) is 0 Å². The molecule has 3 aliphatic carbocycles. The van der Waals surface area contributed by atoms with E-state index in [0.717, 1.165) is 11.8 Å². The molecule has 0 spiro atoms. The first-order chi connectivity index (χ1) is 8.00. The zero-order valence-corrected chi connectivity index (χ0v) is 12.9. The van der Waals surface area contributed by atoms with Gasteiger partial charge >= 0.3 is 0 Å². The van der Waals surface area contributed by atoms with Gasteiger partial charge in [-0.2, -0.15) is 0 Å². The molecule has 0 bridgehead atoms. The molecule has 0 saturated heterocycles. The molecule has 0 nitrogen and oxygen atoms in total. The monoisotopic (exact) mass is 338 g/mol. The van der Waals surface area contributed by atoms with Crippen LogP contribution in [0.5, 0.6) is 0 Å². The van der Waals surface area contributed by atoms with Crippen LogP contribution in [0.4, 0.5) is 0 Å². The zero-order chi connectivity index (χ0) is 12.2. The maximum atomic E-state index is 2.50. The van der Waals surface area contributed by atoms with E-state index in [-0.39, 0.29) is 0 Å². The molecule has 17 heavy (non-hydrogen) atoms. The molecule has 0 aliphatic heterocycles. The summed E-state index contributed by atoms with van der Waals surface area (Å²) < 4.78 is 1.42. The van der Waals surface area contributed by atoms with Crippen LogP contribution in [0.25, 0.3) is 0 Å². The predicted molar refractivity (Wildman–Crippen MR) is 82.0 cm³/mol. The Morgan fingerprint density at radius 2 is 2.12 bits per heavy atom. The van der Waals surface area contributed by atoms with Gasteiger partial charge < -0.3 is 0 Å². The fourth-order valence-electron chi connectivity index (χ4n) is 3.81. The average molecular weight is 338 g/mol. The van der Waals surface area contributed by atoms with Crippen molar-refractivity contribution in [2.45, 2.75) is 27.2 Å². The van der Waals surface area contributed by atoms with Gasteiger partial charge in [-0.1, -0.05) is 49.3 Å². The van der Waals surface area contributed by atoms with E-state index in [2.05, 4.69) is 73.7 Å². The predicted octanol–water partition coefficient (Wildman–Crippen LogP) is 5.04. The van der Waals surface area contributed by atoms with Crippen molar-refractivity contribution in [3.8, 4) is 0 Å². The van der Waals surface area contributed by atoms with Crippen LogP contribution >= 0.6 is 22.6 Å². The lowest BCUT2D eigenvalue weighted by atomic mass is 9.74. The normalized spacial score (nSPS) is 37.9. The number of hydrogen-bond donors (Lipinski definition) is 0. The number of allylic oxidation sites excluding steroid dienone is 8. The second-order valence-electron chi connectivity index (χ2n) is 6.13. The summed E-state index contributed by atoms with van der Waals surface area (Å²) >= 11 is 2.46. The summed E-state index contributed by atoms with van der Waals surface area (Å²) in [5.41, 5.74) is 3.43. The van der Waals surface area contributed by atoms with Crippen molar-refractivity contribution in [3.63, 3.8) is 0 Å². The Balaban J connectivity index is 2.09. The van der Waals surface area contributed by atoms with Gasteiger partial charge in [0.05, 0.1) is 0 Å². The van der Waals surface area contributed by atoms with Crippen LogP contribution in [-0.2, 0) is 0 Å². The van der Waals surface area contributed by atoms with Gasteiger partial charge in [0, 0.05) is 3.58 Å². The van der Waals surface area contributed by atoms with Crippen molar-refractivity contribution in [2.75, 3.05) is 0 Å². The highest BCUT2D eigenvalue weighted by molar-refractivity contribution is 14.1. The Morgan fingerprint density at radius 1 is 1.35 bits per heavy atom. The highest BCUT2D eigenvalue weighted by Crippen LogP contribution is 2.59. The third-order valence-corrected chi connectivity index (χ3v) is 5.49. The third-order valence-electron chi connectivity index (χ3n) is 4.74. The van der Waals surface area contributed by atoms with Crippen molar-refractivity contribution in [3.05, 3.63) is 45.1 Å². The van der Waals surface area contributed by atoms with Gasteiger partial charge in [0.15, 0.2) is 0 Å². The van der Waals surface area contributed by atoms with Crippen molar-refractivity contribution < 1.29 is 0 Å². The lowest BCUT2D eigenvalue weighted by molar-refractivity contribution is 0.320. The van der Waals surface area contributed by atoms with E-state index in [1.165, 1.54) is 15.6 Å². The minimum absolute atomic E-state index is 0.325. The molecule has 3 atom stereocenters. The largest absolute Gasteiger partial charge is 0.0799 e. The van der Waals surface area contributed by atoms with Gasteiger partial charge in [-0.25, -0.2) is 0 Å². The molecular weight excluding hydrogens is 319 g/mol. The summed E-state index contributed by atoms with van der Waals surface area (Å²) in [6.45, 7) is 7.07. The summed E-state index contributed by atoms with van der Waals surface area (Å²) in [5.74, 6) is 2.16. The Hall–Kier alpha value is -0.310. The molecule has 3 rings (SSSR count). The lowest BCUT2D eigenvalue weighted by Gasteiger charge is -2.30. The first kappa shape index (κ1) is 11.8. The molecule has 90 valence electrons. The summed E-state index contributed by atoms with van der Waals surface area (Å²) in [7, 11) is 0. The van der Waals surface area contributed by atoms with Crippen LogP contribution in [0.3, 0.4) is 0 Å². The van der Waals surface area contributed by atoms with E-state index in [1.807, 2.05) is 0 Å². The number of halogens is 1. The molecule has 0 radical (unpaired) electrons. The quantitative estimate of drug-likeness (QED) is 0.543. The second-order valence-corrected chi connectivity index (χ2v) is 7.37. The molecule has 3 aliphatic rings. The van der Waals surface area contributed by atoms with Crippen molar-refractivity contribution >= 4 is 22.6 Å². The Bertz CT molecular complexity index is 474. The van der Waals surface area contributed by atoms with E-state index in [0.29, 0.717) is 11.3 Å². The maximum absolute atomic E-state index is 2.50. The fourth-order valence-corrected chi connectivity index (χ4v) is 4.40. The minimum atomic E-state index is 0.325. The first-order valence-corrected chi connectivity index (χ1v) is 7.52. The molecule has 0 aromatic rings. The summed E-state index contributed by atoms with van der Waals surface area (Å²) in [4.78, 5) is 0. The maximum Gasteiger partial charge on any atom is 0.00900 e. The van der Waals surface area contributed by atoms with Crippen LogP contribution in [-0.4, -0.2) is 0 Å². The van der Waals surface area contributed by atoms with Crippen LogP contribution in [0.2, 0.25) is 0 Å². The molecule has 1 heteroatoms. The van der Waals surface area contributed by atoms with Crippen molar-refractivity contribution in [1.82, 2.24) is 0 Å². The second kappa shape index (κ2) is 3.84. The van der Waals surface area contributed by atoms with Gasteiger partial charge in [0.2, 0.25) is 0 Å². The standard InChI is InChI=1S/C16H19I/c1-10-4-6-12-13-7-5-11(17)9-15(13)16(2,3)14(12)8-10/h4-6,8-9,12-14H,7H2,1-3H3/t12?,13?,14-/m0/s1.